The Morgan fingerprint density at radius 3 is 2.94 bits per heavy atom. The molecule has 0 amide bonds. The predicted octanol–water partition coefficient (Wildman–Crippen LogP) is -0.0421. The van der Waals surface area contributed by atoms with E-state index in [2.05, 4.69) is 10.9 Å². The number of aromatic amines is 1. The summed E-state index contributed by atoms with van der Waals surface area (Å²) < 4.78 is 1.43. The molecule has 5 heteroatoms. The second-order valence-corrected chi connectivity index (χ2v) is 4.57. The van der Waals surface area contributed by atoms with Crippen molar-refractivity contribution in [1.82, 2.24) is 9.55 Å². The summed E-state index contributed by atoms with van der Waals surface area (Å²) in [5.41, 5.74) is -1.10. The summed E-state index contributed by atoms with van der Waals surface area (Å²) in [7, 11) is 0. The molecule has 0 radical (unpaired) electrons. The van der Waals surface area contributed by atoms with E-state index < -0.39 is 11.1 Å². The summed E-state index contributed by atoms with van der Waals surface area (Å²) in [5.74, 6) is 2.55. The van der Waals surface area contributed by atoms with Crippen LogP contribution >= 0.6 is 0 Å². The first-order valence-electron chi connectivity index (χ1n) is 5.61. The Balaban J connectivity index is 2.41. The van der Waals surface area contributed by atoms with E-state index in [1.807, 2.05) is 0 Å². The second-order valence-electron chi connectivity index (χ2n) is 4.57. The number of aromatic nitrogens is 2. The van der Waals surface area contributed by atoms with Crippen LogP contribution in [0.1, 0.15) is 18.0 Å². The Hall–Kier alpha value is -2.06. The minimum absolute atomic E-state index is 0.159. The molecule has 0 saturated carbocycles. The molecule has 5 nitrogen and oxygen atoms in total. The molecule has 0 saturated heterocycles. The molecule has 1 aliphatic carbocycles. The fourth-order valence-corrected chi connectivity index (χ4v) is 2.10. The highest BCUT2D eigenvalue weighted by molar-refractivity contribution is 5.24. The van der Waals surface area contributed by atoms with Gasteiger partial charge in [-0.1, -0.05) is 18.1 Å². The number of hydrogen-bond acceptors (Lipinski definition) is 3. The number of nitrogens with one attached hydrogen (secondary N) is 1. The number of aryl methyl sites for hydroxylation is 1. The summed E-state index contributed by atoms with van der Waals surface area (Å²) in [6.45, 7) is 1.47. The van der Waals surface area contributed by atoms with Gasteiger partial charge in [0.25, 0.3) is 5.56 Å². The third-order valence-electron chi connectivity index (χ3n) is 3.28. The van der Waals surface area contributed by atoms with Gasteiger partial charge < -0.3 is 5.11 Å². The number of H-pyrrole nitrogens is 1. The molecule has 1 aliphatic rings. The number of aliphatic hydroxyl groups excluding tert-OH is 1. The largest absolute Gasteiger partial charge is 0.394 e. The van der Waals surface area contributed by atoms with Gasteiger partial charge in [0, 0.05) is 11.8 Å². The number of allylic oxidation sites excluding steroid dienone is 1. The highest BCUT2D eigenvalue weighted by Crippen LogP contribution is 2.36. The first kappa shape index (κ1) is 12.4. The quantitative estimate of drug-likeness (QED) is 0.568. The zero-order valence-corrected chi connectivity index (χ0v) is 10.0. The summed E-state index contributed by atoms with van der Waals surface area (Å²) in [6.07, 6.45) is 10.9. The van der Waals surface area contributed by atoms with Crippen LogP contribution < -0.4 is 11.2 Å². The molecule has 2 unspecified atom stereocenters. The van der Waals surface area contributed by atoms with E-state index in [0.717, 1.165) is 0 Å². The Kier molecular flexibility index (Phi) is 2.97. The zero-order chi connectivity index (χ0) is 13.3. The molecule has 1 aromatic rings. The van der Waals surface area contributed by atoms with Crippen molar-refractivity contribution in [1.29, 1.82) is 0 Å². The molecule has 1 heterocycles. The number of hydrogen-bond donors (Lipinski definition) is 2. The van der Waals surface area contributed by atoms with Crippen LogP contribution in [-0.2, 0) is 0 Å². The number of aliphatic hydroxyl groups is 1. The smallest absolute Gasteiger partial charge is 0.328 e. The lowest BCUT2D eigenvalue weighted by Crippen LogP contribution is -2.33. The second kappa shape index (κ2) is 4.31. The van der Waals surface area contributed by atoms with Crippen molar-refractivity contribution < 1.29 is 5.11 Å². The Labute approximate surface area is 104 Å². The van der Waals surface area contributed by atoms with Gasteiger partial charge in [-0.05, 0) is 13.3 Å². The van der Waals surface area contributed by atoms with E-state index in [4.69, 9.17) is 6.42 Å². The monoisotopic (exact) mass is 246 g/mol. The van der Waals surface area contributed by atoms with Crippen molar-refractivity contribution in [3.05, 3.63) is 44.8 Å². The lowest BCUT2D eigenvalue weighted by atomic mass is 9.89. The van der Waals surface area contributed by atoms with Crippen LogP contribution in [0, 0.1) is 24.7 Å². The van der Waals surface area contributed by atoms with Crippen LogP contribution in [0.25, 0.3) is 0 Å². The van der Waals surface area contributed by atoms with Gasteiger partial charge in [-0.3, -0.25) is 14.3 Å². The van der Waals surface area contributed by atoms with Crippen molar-refractivity contribution >= 4 is 0 Å². The highest BCUT2D eigenvalue weighted by Gasteiger charge is 2.33. The maximum Gasteiger partial charge on any atom is 0.328 e. The van der Waals surface area contributed by atoms with Crippen molar-refractivity contribution in [2.75, 3.05) is 6.61 Å². The van der Waals surface area contributed by atoms with E-state index >= 15 is 0 Å². The van der Waals surface area contributed by atoms with Gasteiger partial charge in [0.1, 0.15) is 0 Å². The lowest BCUT2D eigenvalue weighted by Gasteiger charge is -2.20. The van der Waals surface area contributed by atoms with E-state index in [-0.39, 0.29) is 18.2 Å². The summed E-state index contributed by atoms with van der Waals surface area (Å²) in [4.78, 5) is 25.3. The first-order valence-corrected chi connectivity index (χ1v) is 5.61. The van der Waals surface area contributed by atoms with Gasteiger partial charge in [0.15, 0.2) is 0 Å². The topological polar surface area (TPSA) is 75.1 Å². The Bertz CT molecular complexity index is 647. The van der Waals surface area contributed by atoms with Crippen LogP contribution in [0.5, 0.6) is 0 Å². The van der Waals surface area contributed by atoms with E-state index in [9.17, 15) is 14.7 Å². The average molecular weight is 246 g/mol. The van der Waals surface area contributed by atoms with Crippen LogP contribution in [0.15, 0.2) is 27.9 Å². The molecular weight excluding hydrogens is 232 g/mol. The Morgan fingerprint density at radius 1 is 1.67 bits per heavy atom. The molecule has 2 rings (SSSR count). The van der Waals surface area contributed by atoms with Gasteiger partial charge >= 0.3 is 5.69 Å². The van der Waals surface area contributed by atoms with Gasteiger partial charge in [-0.15, -0.1) is 6.42 Å². The summed E-state index contributed by atoms with van der Waals surface area (Å²) in [5, 5.41) is 9.31. The maximum atomic E-state index is 11.7. The number of terminal acetylenes is 1. The number of nitrogens with zero attached hydrogens (tertiary/aromatic N) is 1. The third kappa shape index (κ3) is 1.91. The van der Waals surface area contributed by atoms with Crippen molar-refractivity contribution in [2.45, 2.75) is 19.4 Å². The lowest BCUT2D eigenvalue weighted by molar-refractivity contribution is 0.203. The van der Waals surface area contributed by atoms with E-state index in [1.54, 1.807) is 19.1 Å². The minimum atomic E-state index is -0.714. The molecule has 0 spiro atoms. The predicted molar refractivity (Wildman–Crippen MR) is 67.2 cm³/mol. The molecule has 0 bridgehead atoms. The van der Waals surface area contributed by atoms with Gasteiger partial charge in [-0.2, -0.15) is 0 Å². The molecule has 18 heavy (non-hydrogen) atoms. The van der Waals surface area contributed by atoms with E-state index in [1.165, 1.54) is 10.8 Å². The molecule has 94 valence electrons. The molecule has 0 aromatic carbocycles. The summed E-state index contributed by atoms with van der Waals surface area (Å²) >= 11 is 0. The molecule has 0 fully saturated rings. The summed E-state index contributed by atoms with van der Waals surface area (Å²) in [6, 6.07) is -0.240. The fourth-order valence-electron chi connectivity index (χ4n) is 2.10. The normalized spacial score (nSPS) is 26.2. The Morgan fingerprint density at radius 2 is 2.39 bits per heavy atom. The molecule has 0 aliphatic heterocycles. The maximum absolute atomic E-state index is 11.7. The molecule has 2 atom stereocenters. The highest BCUT2D eigenvalue weighted by atomic mass is 16.3. The van der Waals surface area contributed by atoms with Crippen molar-refractivity contribution in [3.8, 4) is 12.3 Å². The van der Waals surface area contributed by atoms with Crippen LogP contribution in [0.2, 0.25) is 0 Å². The van der Waals surface area contributed by atoms with Gasteiger partial charge in [-0.25, -0.2) is 4.79 Å². The minimum Gasteiger partial charge on any atom is -0.394 e. The fraction of sp³-hybridized carbons (Fsp3) is 0.385. The van der Waals surface area contributed by atoms with Crippen LogP contribution in [0.3, 0.4) is 0 Å². The van der Waals surface area contributed by atoms with Crippen molar-refractivity contribution in [3.63, 3.8) is 0 Å². The SMILES string of the molecule is C#CC1(CO)C=CC(n2cc(C)c(=O)[nH]c2=O)C1. The zero-order valence-electron chi connectivity index (χ0n) is 10.0. The third-order valence-corrected chi connectivity index (χ3v) is 3.28. The van der Waals surface area contributed by atoms with E-state index in [0.29, 0.717) is 12.0 Å². The van der Waals surface area contributed by atoms with Crippen molar-refractivity contribution in [2.24, 2.45) is 5.41 Å². The molecular formula is C13H14N2O3. The van der Waals surface area contributed by atoms with Crippen LogP contribution in [-0.4, -0.2) is 21.3 Å². The van der Waals surface area contributed by atoms with Gasteiger partial charge in [0.05, 0.1) is 18.1 Å². The first-order chi connectivity index (χ1) is 8.51. The van der Waals surface area contributed by atoms with Gasteiger partial charge in [0.2, 0.25) is 0 Å². The molecule has 1 aromatic heterocycles. The standard InChI is InChI=1S/C13H14N2O3/c1-3-13(8-16)5-4-10(6-13)15-7-9(2)11(17)14-12(15)18/h1,4-5,7,10,16H,6,8H2,2H3,(H,14,17,18). The molecule has 2 N–H and O–H groups in total. The number of rotatable bonds is 2. The van der Waals surface area contributed by atoms with Crippen LogP contribution in [0.4, 0.5) is 0 Å². The average Bonchev–Trinajstić information content (AvgIpc) is 2.79.